The highest BCUT2D eigenvalue weighted by molar-refractivity contribution is 9.11. The molecule has 2 rings (SSSR count). The van der Waals surface area contributed by atoms with Crippen LogP contribution >= 0.6 is 31.9 Å². The van der Waals surface area contributed by atoms with Crippen molar-refractivity contribution < 1.29 is 0 Å². The highest BCUT2D eigenvalue weighted by atomic mass is 79.9. The molecule has 0 aromatic heterocycles. The van der Waals surface area contributed by atoms with Crippen LogP contribution in [0.5, 0.6) is 0 Å². The zero-order chi connectivity index (χ0) is 11.5. The van der Waals surface area contributed by atoms with Crippen LogP contribution in [0.3, 0.4) is 0 Å². The minimum atomic E-state index is 0.268. The van der Waals surface area contributed by atoms with Gasteiger partial charge in [0.1, 0.15) is 0 Å². The van der Waals surface area contributed by atoms with E-state index in [9.17, 15) is 0 Å². The van der Waals surface area contributed by atoms with Gasteiger partial charge in [0.2, 0.25) is 0 Å². The fourth-order valence-corrected chi connectivity index (χ4v) is 3.82. The Morgan fingerprint density at radius 2 is 1.94 bits per heavy atom. The van der Waals surface area contributed by atoms with Gasteiger partial charge in [0.05, 0.1) is 0 Å². The lowest BCUT2D eigenvalue weighted by atomic mass is 9.92. The minimum absolute atomic E-state index is 0.268. The van der Waals surface area contributed by atoms with Crippen molar-refractivity contribution >= 4 is 31.9 Å². The SMILES string of the molecule is NNC(c1ccc(Br)cc1Br)C1CCCC1. The molecule has 1 aliphatic carbocycles. The van der Waals surface area contributed by atoms with Crippen molar-refractivity contribution in [3.63, 3.8) is 0 Å². The van der Waals surface area contributed by atoms with Crippen molar-refractivity contribution in [2.24, 2.45) is 11.8 Å². The average molecular weight is 348 g/mol. The smallest absolute Gasteiger partial charge is 0.0499 e. The zero-order valence-electron chi connectivity index (χ0n) is 9.05. The number of hydrogen-bond donors (Lipinski definition) is 2. The van der Waals surface area contributed by atoms with Gasteiger partial charge in [-0.2, -0.15) is 0 Å². The van der Waals surface area contributed by atoms with Crippen molar-refractivity contribution in [1.29, 1.82) is 0 Å². The highest BCUT2D eigenvalue weighted by Crippen LogP contribution is 2.38. The van der Waals surface area contributed by atoms with Gasteiger partial charge >= 0.3 is 0 Å². The first-order valence-electron chi connectivity index (χ1n) is 5.63. The third-order valence-electron chi connectivity index (χ3n) is 3.35. The molecule has 1 aromatic carbocycles. The Bertz CT molecular complexity index is 362. The Labute approximate surface area is 113 Å². The van der Waals surface area contributed by atoms with Crippen molar-refractivity contribution in [2.45, 2.75) is 31.7 Å². The van der Waals surface area contributed by atoms with E-state index < -0.39 is 0 Å². The molecule has 1 atom stereocenters. The van der Waals surface area contributed by atoms with Gasteiger partial charge in [0.15, 0.2) is 0 Å². The van der Waals surface area contributed by atoms with Gasteiger partial charge in [0.25, 0.3) is 0 Å². The van der Waals surface area contributed by atoms with Crippen LogP contribution < -0.4 is 11.3 Å². The van der Waals surface area contributed by atoms with Crippen LogP contribution in [-0.4, -0.2) is 0 Å². The zero-order valence-corrected chi connectivity index (χ0v) is 12.2. The second-order valence-corrected chi connectivity index (χ2v) is 6.12. The van der Waals surface area contributed by atoms with E-state index >= 15 is 0 Å². The lowest BCUT2D eigenvalue weighted by molar-refractivity contribution is 0.372. The minimum Gasteiger partial charge on any atom is -0.271 e. The normalized spacial score (nSPS) is 18.9. The molecule has 1 aliphatic rings. The summed E-state index contributed by atoms with van der Waals surface area (Å²) in [5, 5.41) is 0. The van der Waals surface area contributed by atoms with Gasteiger partial charge in [-0.15, -0.1) is 0 Å². The Morgan fingerprint density at radius 3 is 2.50 bits per heavy atom. The molecule has 0 aliphatic heterocycles. The number of rotatable bonds is 3. The van der Waals surface area contributed by atoms with Crippen LogP contribution in [0.15, 0.2) is 27.1 Å². The second kappa shape index (κ2) is 5.63. The van der Waals surface area contributed by atoms with Crippen molar-refractivity contribution in [2.75, 3.05) is 0 Å². The summed E-state index contributed by atoms with van der Waals surface area (Å²) in [6.45, 7) is 0. The van der Waals surface area contributed by atoms with Gasteiger partial charge in [-0.1, -0.05) is 50.8 Å². The maximum absolute atomic E-state index is 5.71. The molecule has 0 amide bonds. The fraction of sp³-hybridized carbons (Fsp3) is 0.500. The maximum atomic E-state index is 5.71. The molecule has 4 heteroatoms. The van der Waals surface area contributed by atoms with Gasteiger partial charge < -0.3 is 0 Å². The third-order valence-corrected chi connectivity index (χ3v) is 4.53. The monoisotopic (exact) mass is 346 g/mol. The Balaban J connectivity index is 2.25. The van der Waals surface area contributed by atoms with Crippen LogP contribution in [0.2, 0.25) is 0 Å². The van der Waals surface area contributed by atoms with Crippen LogP contribution in [0.4, 0.5) is 0 Å². The Kier molecular flexibility index (Phi) is 4.41. The predicted octanol–water partition coefficient (Wildman–Crippen LogP) is 3.91. The van der Waals surface area contributed by atoms with Crippen LogP contribution in [-0.2, 0) is 0 Å². The van der Waals surface area contributed by atoms with E-state index in [1.54, 1.807) is 0 Å². The number of hydrazine groups is 1. The number of nitrogens with one attached hydrogen (secondary N) is 1. The molecule has 3 N–H and O–H groups in total. The molecular weight excluding hydrogens is 332 g/mol. The summed E-state index contributed by atoms with van der Waals surface area (Å²) in [5.74, 6) is 6.38. The van der Waals surface area contributed by atoms with Gasteiger partial charge in [-0.3, -0.25) is 11.3 Å². The van der Waals surface area contributed by atoms with E-state index in [2.05, 4.69) is 55.5 Å². The summed E-state index contributed by atoms with van der Waals surface area (Å²) in [4.78, 5) is 0. The van der Waals surface area contributed by atoms with E-state index in [4.69, 9.17) is 5.84 Å². The molecule has 1 unspecified atom stereocenters. The standard InChI is InChI=1S/C12H16Br2N2/c13-9-5-6-10(11(14)7-9)12(16-15)8-3-1-2-4-8/h5-8,12,16H,1-4,15H2. The summed E-state index contributed by atoms with van der Waals surface area (Å²) in [6.07, 6.45) is 5.21. The summed E-state index contributed by atoms with van der Waals surface area (Å²) in [6, 6.07) is 6.55. The number of hydrogen-bond acceptors (Lipinski definition) is 2. The highest BCUT2D eigenvalue weighted by Gasteiger charge is 2.26. The quantitative estimate of drug-likeness (QED) is 0.642. The fourth-order valence-electron chi connectivity index (χ4n) is 2.52. The Morgan fingerprint density at radius 1 is 1.25 bits per heavy atom. The van der Waals surface area contributed by atoms with Crippen LogP contribution in [0, 0.1) is 5.92 Å². The molecule has 2 nitrogen and oxygen atoms in total. The summed E-state index contributed by atoms with van der Waals surface area (Å²) < 4.78 is 2.21. The topological polar surface area (TPSA) is 38.0 Å². The first-order valence-corrected chi connectivity index (χ1v) is 7.22. The van der Waals surface area contributed by atoms with E-state index in [1.807, 2.05) is 0 Å². The lowest BCUT2D eigenvalue weighted by Crippen LogP contribution is -2.32. The van der Waals surface area contributed by atoms with Gasteiger partial charge in [-0.05, 0) is 36.5 Å². The number of nitrogens with two attached hydrogens (primary N) is 1. The maximum Gasteiger partial charge on any atom is 0.0499 e. The largest absolute Gasteiger partial charge is 0.271 e. The molecule has 0 spiro atoms. The molecule has 0 saturated heterocycles. The first-order chi connectivity index (χ1) is 7.72. The molecule has 0 bridgehead atoms. The number of halogens is 2. The van der Waals surface area contributed by atoms with E-state index in [0.29, 0.717) is 5.92 Å². The summed E-state index contributed by atoms with van der Waals surface area (Å²) in [7, 11) is 0. The first kappa shape index (κ1) is 12.6. The lowest BCUT2D eigenvalue weighted by Gasteiger charge is -2.24. The summed E-state index contributed by atoms with van der Waals surface area (Å²) >= 11 is 7.08. The molecule has 16 heavy (non-hydrogen) atoms. The van der Waals surface area contributed by atoms with Gasteiger partial charge in [0, 0.05) is 15.0 Å². The molecule has 1 saturated carbocycles. The molecule has 88 valence electrons. The van der Waals surface area contributed by atoms with E-state index in [0.717, 1.165) is 8.95 Å². The second-order valence-electron chi connectivity index (χ2n) is 4.35. The molecule has 1 fully saturated rings. The van der Waals surface area contributed by atoms with Crippen molar-refractivity contribution in [3.05, 3.63) is 32.7 Å². The van der Waals surface area contributed by atoms with Crippen molar-refractivity contribution in [1.82, 2.24) is 5.43 Å². The molecule has 0 radical (unpaired) electrons. The van der Waals surface area contributed by atoms with E-state index in [-0.39, 0.29) is 6.04 Å². The molecular formula is C12H16Br2N2. The van der Waals surface area contributed by atoms with Crippen LogP contribution in [0.1, 0.15) is 37.3 Å². The molecule has 0 heterocycles. The third kappa shape index (κ3) is 2.67. The average Bonchev–Trinajstić information content (AvgIpc) is 2.75. The van der Waals surface area contributed by atoms with E-state index in [1.165, 1.54) is 31.2 Å². The number of benzene rings is 1. The van der Waals surface area contributed by atoms with Crippen molar-refractivity contribution in [3.8, 4) is 0 Å². The predicted molar refractivity (Wildman–Crippen MR) is 73.9 cm³/mol. The van der Waals surface area contributed by atoms with Gasteiger partial charge in [-0.25, -0.2) is 0 Å². The van der Waals surface area contributed by atoms with Crippen LogP contribution in [0.25, 0.3) is 0 Å². The molecule has 1 aromatic rings. The Hall–Kier alpha value is 0.1000. The summed E-state index contributed by atoms with van der Waals surface area (Å²) in [5.41, 5.74) is 4.24.